The van der Waals surface area contributed by atoms with Gasteiger partial charge in [-0.25, -0.2) is 16.8 Å². The summed E-state index contributed by atoms with van der Waals surface area (Å²) in [5, 5.41) is 0.117. The number of hydrogen-bond acceptors (Lipinski definition) is 2. The molecule has 3 aromatic rings. The summed E-state index contributed by atoms with van der Waals surface area (Å²) in [4.78, 5) is -0.0963. The highest BCUT2D eigenvalue weighted by Gasteiger charge is 2.34. The molecule has 3 nitrogen and oxygen atoms in total. The molecule has 1 aromatic heterocycles. The zero-order valence-corrected chi connectivity index (χ0v) is 17.5. The smallest absolute Gasteiger partial charge is 0.240 e. The van der Waals surface area contributed by atoms with Gasteiger partial charge in [0.15, 0.2) is 0 Å². The maximum atomic E-state index is 14.7. The second-order valence-corrected chi connectivity index (χ2v) is 9.46. The van der Waals surface area contributed by atoms with E-state index in [1.807, 2.05) is 0 Å². The van der Waals surface area contributed by atoms with Crippen molar-refractivity contribution in [3.05, 3.63) is 75.7 Å². The van der Waals surface area contributed by atoms with Crippen LogP contribution in [-0.2, 0) is 16.4 Å². The Hall–Kier alpha value is -1.82. The van der Waals surface area contributed by atoms with Gasteiger partial charge in [-0.2, -0.15) is 0 Å². The second-order valence-electron chi connectivity index (χ2n) is 6.89. The number of fused-ring (bicyclic) bond motifs is 1. The van der Waals surface area contributed by atoms with Crippen LogP contribution in [0.25, 0.3) is 11.3 Å². The molecule has 0 saturated carbocycles. The average molecular weight is 438 g/mol. The van der Waals surface area contributed by atoms with Crippen molar-refractivity contribution < 1.29 is 12.8 Å². The number of rotatable bonds is 4. The molecule has 0 saturated heterocycles. The summed E-state index contributed by atoms with van der Waals surface area (Å²) in [6, 6.07) is 10.7. The molecule has 0 radical (unpaired) electrons. The number of benzene rings is 2. The SMILES string of the molecule is CCC1CCc2c1cn(S(=O)(=O)c1cccc(Cl)c1Cl)c2-c1ccccc1F. The number of nitrogens with zero attached hydrogens (tertiary/aromatic N) is 1. The van der Waals surface area contributed by atoms with E-state index in [9.17, 15) is 12.8 Å². The van der Waals surface area contributed by atoms with Crippen LogP contribution >= 0.6 is 23.2 Å². The van der Waals surface area contributed by atoms with Gasteiger partial charge in [0.2, 0.25) is 0 Å². The average Bonchev–Trinajstić information content (AvgIpc) is 3.23. The monoisotopic (exact) mass is 437 g/mol. The Kier molecular flexibility index (Phi) is 5.02. The van der Waals surface area contributed by atoms with E-state index in [1.165, 1.54) is 28.2 Å². The Morgan fingerprint density at radius 1 is 1.14 bits per heavy atom. The Balaban J connectivity index is 2.03. The third-order valence-corrected chi connectivity index (χ3v) is 8.00. The molecular formula is C21H18Cl2FNO2S. The quantitative estimate of drug-likeness (QED) is 0.481. The predicted octanol–water partition coefficient (Wildman–Crippen LogP) is 6.28. The molecule has 1 aliphatic rings. The summed E-state index contributed by atoms with van der Waals surface area (Å²) in [6.07, 6.45) is 4.17. The minimum atomic E-state index is -4.06. The molecule has 0 spiro atoms. The van der Waals surface area contributed by atoms with Crippen LogP contribution in [0, 0.1) is 5.82 Å². The van der Waals surface area contributed by atoms with Gasteiger partial charge >= 0.3 is 0 Å². The van der Waals surface area contributed by atoms with Gasteiger partial charge in [-0.3, -0.25) is 0 Å². The van der Waals surface area contributed by atoms with Gasteiger partial charge in [0, 0.05) is 11.8 Å². The van der Waals surface area contributed by atoms with E-state index < -0.39 is 15.8 Å². The molecule has 0 aliphatic heterocycles. The van der Waals surface area contributed by atoms with Crippen LogP contribution in [-0.4, -0.2) is 12.4 Å². The lowest BCUT2D eigenvalue weighted by Crippen LogP contribution is -2.15. The van der Waals surface area contributed by atoms with Gasteiger partial charge in [-0.05, 0) is 60.6 Å². The highest BCUT2D eigenvalue weighted by atomic mass is 35.5. The first-order valence-corrected chi connectivity index (χ1v) is 11.2. The molecule has 0 bridgehead atoms. The lowest BCUT2D eigenvalue weighted by atomic mass is 10.0. The summed E-state index contributed by atoms with van der Waals surface area (Å²) in [5.74, 6) is -0.205. The first-order chi connectivity index (χ1) is 13.4. The van der Waals surface area contributed by atoms with E-state index in [4.69, 9.17) is 23.2 Å². The molecule has 2 aromatic carbocycles. The molecule has 7 heteroatoms. The van der Waals surface area contributed by atoms with Crippen molar-refractivity contribution in [1.82, 2.24) is 3.97 Å². The van der Waals surface area contributed by atoms with E-state index in [0.29, 0.717) is 12.1 Å². The van der Waals surface area contributed by atoms with Gasteiger partial charge < -0.3 is 0 Å². The molecular weight excluding hydrogens is 420 g/mol. The molecule has 1 aliphatic carbocycles. The molecule has 0 fully saturated rings. The summed E-state index contributed by atoms with van der Waals surface area (Å²) >= 11 is 12.3. The predicted molar refractivity (Wildman–Crippen MR) is 110 cm³/mol. The molecule has 1 atom stereocenters. The van der Waals surface area contributed by atoms with E-state index in [1.54, 1.807) is 24.4 Å². The lowest BCUT2D eigenvalue weighted by molar-refractivity contribution is 0.586. The zero-order chi connectivity index (χ0) is 20.1. The number of aromatic nitrogens is 1. The van der Waals surface area contributed by atoms with Crippen LogP contribution in [0.2, 0.25) is 10.0 Å². The van der Waals surface area contributed by atoms with Crippen LogP contribution in [0.1, 0.15) is 36.8 Å². The van der Waals surface area contributed by atoms with Crippen molar-refractivity contribution >= 4 is 33.2 Å². The lowest BCUT2D eigenvalue weighted by Gasteiger charge is -2.15. The highest BCUT2D eigenvalue weighted by Crippen LogP contribution is 2.44. The van der Waals surface area contributed by atoms with Crippen molar-refractivity contribution in [3.63, 3.8) is 0 Å². The van der Waals surface area contributed by atoms with Gasteiger partial charge in [-0.1, -0.05) is 48.3 Å². The summed E-state index contributed by atoms with van der Waals surface area (Å²) in [7, 11) is -4.06. The van der Waals surface area contributed by atoms with E-state index in [0.717, 1.165) is 24.0 Å². The second kappa shape index (κ2) is 7.21. The Labute approximate surface area is 173 Å². The standard InChI is InChI=1S/C21H18Cl2FNO2S/c1-2-13-10-11-14-16(13)12-25(21(14)15-6-3-4-8-18(15)24)28(26,27)19-9-5-7-17(22)20(19)23/h3-9,12-13H,2,10-11H2,1H3. The molecule has 4 rings (SSSR count). The van der Waals surface area contributed by atoms with Gasteiger partial charge in [0.25, 0.3) is 10.0 Å². The molecule has 146 valence electrons. The molecule has 0 amide bonds. The highest BCUT2D eigenvalue weighted by molar-refractivity contribution is 7.90. The maximum Gasteiger partial charge on any atom is 0.269 e. The van der Waals surface area contributed by atoms with Gasteiger partial charge in [0.1, 0.15) is 10.7 Å². The van der Waals surface area contributed by atoms with Crippen molar-refractivity contribution in [3.8, 4) is 11.3 Å². The van der Waals surface area contributed by atoms with Crippen LogP contribution in [0.5, 0.6) is 0 Å². The fourth-order valence-corrected chi connectivity index (χ4v) is 6.11. The minimum Gasteiger partial charge on any atom is -0.240 e. The molecule has 1 heterocycles. The van der Waals surface area contributed by atoms with E-state index >= 15 is 0 Å². The Morgan fingerprint density at radius 2 is 1.89 bits per heavy atom. The van der Waals surface area contributed by atoms with Crippen LogP contribution in [0.4, 0.5) is 4.39 Å². The Morgan fingerprint density at radius 3 is 2.61 bits per heavy atom. The van der Waals surface area contributed by atoms with Crippen molar-refractivity contribution in [2.75, 3.05) is 0 Å². The first kappa shape index (κ1) is 19.5. The number of hydrogen-bond donors (Lipinski definition) is 0. The third-order valence-electron chi connectivity index (χ3n) is 5.37. The van der Waals surface area contributed by atoms with Crippen molar-refractivity contribution in [2.45, 2.75) is 37.0 Å². The molecule has 1 unspecified atom stereocenters. The number of halogens is 3. The van der Waals surface area contributed by atoms with Crippen molar-refractivity contribution in [1.29, 1.82) is 0 Å². The minimum absolute atomic E-state index is 0.0375. The Bertz CT molecular complexity index is 1170. The largest absolute Gasteiger partial charge is 0.269 e. The normalized spacial score (nSPS) is 16.4. The van der Waals surface area contributed by atoms with Crippen LogP contribution in [0.3, 0.4) is 0 Å². The van der Waals surface area contributed by atoms with E-state index in [-0.39, 0.29) is 26.4 Å². The zero-order valence-electron chi connectivity index (χ0n) is 15.1. The molecule has 0 N–H and O–H groups in total. The first-order valence-electron chi connectivity index (χ1n) is 9.04. The van der Waals surface area contributed by atoms with Crippen LogP contribution in [0.15, 0.2) is 53.6 Å². The third kappa shape index (κ3) is 2.97. The van der Waals surface area contributed by atoms with Gasteiger partial charge in [-0.15, -0.1) is 0 Å². The summed E-state index contributed by atoms with van der Waals surface area (Å²) in [6.45, 7) is 2.07. The topological polar surface area (TPSA) is 39.1 Å². The summed E-state index contributed by atoms with van der Waals surface area (Å²) in [5.41, 5.74) is 2.49. The maximum absolute atomic E-state index is 14.7. The van der Waals surface area contributed by atoms with Crippen LogP contribution < -0.4 is 0 Å². The van der Waals surface area contributed by atoms with Gasteiger partial charge in [0.05, 0.1) is 15.7 Å². The fourth-order valence-electron chi connectivity index (χ4n) is 3.96. The molecule has 28 heavy (non-hydrogen) atoms. The summed E-state index contributed by atoms with van der Waals surface area (Å²) < 4.78 is 42.9. The van der Waals surface area contributed by atoms with E-state index in [2.05, 4.69) is 6.92 Å². The van der Waals surface area contributed by atoms with Crippen molar-refractivity contribution in [2.24, 2.45) is 0 Å². The fraction of sp³-hybridized carbons (Fsp3) is 0.238.